The fraction of sp³-hybridized carbons (Fsp3) is 0.367. The van der Waals surface area contributed by atoms with Crippen molar-refractivity contribution in [3.63, 3.8) is 0 Å². The zero-order chi connectivity index (χ0) is 22.9. The average molecular weight is 441 g/mol. The number of aliphatic hydroxyl groups excluding tert-OH is 2. The Morgan fingerprint density at radius 1 is 0.909 bits per heavy atom. The summed E-state index contributed by atoms with van der Waals surface area (Å²) in [6.45, 7) is 4.16. The molecule has 5 aliphatic carbocycles. The van der Waals surface area contributed by atoms with Crippen LogP contribution in [0.3, 0.4) is 0 Å². The number of hydrogen-bond acceptors (Lipinski definition) is 3. The molecule has 5 rings (SSSR count). The first-order valence-electron chi connectivity index (χ1n) is 12.1. The van der Waals surface area contributed by atoms with Gasteiger partial charge in [-0.3, -0.25) is 4.79 Å². The van der Waals surface area contributed by atoms with Crippen LogP contribution in [0.15, 0.2) is 107 Å². The van der Waals surface area contributed by atoms with Crippen LogP contribution in [0, 0.1) is 17.8 Å². The van der Waals surface area contributed by atoms with Crippen LogP contribution in [-0.4, -0.2) is 28.2 Å². The molecular weight excluding hydrogens is 408 g/mol. The Balaban J connectivity index is 1.19. The van der Waals surface area contributed by atoms with Crippen molar-refractivity contribution in [2.24, 2.45) is 17.8 Å². The largest absolute Gasteiger partial charge is 0.393 e. The first-order valence-corrected chi connectivity index (χ1v) is 12.1. The van der Waals surface area contributed by atoms with Crippen molar-refractivity contribution < 1.29 is 15.0 Å². The molecule has 5 aliphatic rings. The molecule has 0 aromatic rings. The van der Waals surface area contributed by atoms with Gasteiger partial charge in [0.1, 0.15) is 0 Å². The zero-order valence-electron chi connectivity index (χ0n) is 19.0. The summed E-state index contributed by atoms with van der Waals surface area (Å²) in [5.74, 6) is 0.962. The number of ketones is 1. The highest BCUT2D eigenvalue weighted by molar-refractivity contribution is 5.99. The summed E-state index contributed by atoms with van der Waals surface area (Å²) in [6, 6.07) is 0. The molecule has 0 saturated heterocycles. The molecule has 1 fully saturated rings. The molecule has 1 saturated carbocycles. The van der Waals surface area contributed by atoms with E-state index < -0.39 is 0 Å². The smallest absolute Gasteiger partial charge is 0.163 e. The quantitative estimate of drug-likeness (QED) is 0.582. The third kappa shape index (κ3) is 4.95. The summed E-state index contributed by atoms with van der Waals surface area (Å²) >= 11 is 0. The highest BCUT2D eigenvalue weighted by Gasteiger charge is 2.28. The molecule has 0 radical (unpaired) electrons. The second kappa shape index (κ2) is 9.24. The zero-order valence-corrected chi connectivity index (χ0v) is 19.0. The molecule has 3 nitrogen and oxygen atoms in total. The molecule has 170 valence electrons. The minimum Gasteiger partial charge on any atom is -0.393 e. The summed E-state index contributed by atoms with van der Waals surface area (Å²) in [6.07, 6.45) is 26.7. The van der Waals surface area contributed by atoms with E-state index in [4.69, 9.17) is 0 Å². The van der Waals surface area contributed by atoms with Crippen LogP contribution in [0.5, 0.6) is 0 Å². The van der Waals surface area contributed by atoms with Gasteiger partial charge in [0.25, 0.3) is 0 Å². The highest BCUT2D eigenvalue weighted by Crippen LogP contribution is 2.37. The van der Waals surface area contributed by atoms with Gasteiger partial charge in [-0.2, -0.15) is 0 Å². The molecule has 0 heterocycles. The molecule has 0 aromatic heterocycles. The van der Waals surface area contributed by atoms with Crippen molar-refractivity contribution in [1.29, 1.82) is 0 Å². The van der Waals surface area contributed by atoms with E-state index in [0.717, 1.165) is 42.4 Å². The Morgan fingerprint density at radius 2 is 1.70 bits per heavy atom. The van der Waals surface area contributed by atoms with Gasteiger partial charge in [-0.15, -0.1) is 0 Å². The minimum atomic E-state index is -0.388. The molecule has 0 bridgehead atoms. The Morgan fingerprint density at radius 3 is 2.52 bits per heavy atom. The van der Waals surface area contributed by atoms with E-state index in [1.54, 1.807) is 0 Å². The SMILES string of the molecule is C=C1C=C(C(=O)CCC2=CC3C=C(CC4CC(O)CC(O)C4)C=CC3=C2)C=C2C=CC=CC12. The maximum absolute atomic E-state index is 12.9. The monoisotopic (exact) mass is 440 g/mol. The molecule has 0 amide bonds. The van der Waals surface area contributed by atoms with Crippen molar-refractivity contribution in [3.05, 3.63) is 107 Å². The fourth-order valence-electron chi connectivity index (χ4n) is 5.75. The molecule has 2 N–H and O–H groups in total. The first kappa shape index (κ1) is 22.1. The van der Waals surface area contributed by atoms with Gasteiger partial charge in [0, 0.05) is 23.8 Å². The van der Waals surface area contributed by atoms with E-state index in [2.05, 4.69) is 49.1 Å². The van der Waals surface area contributed by atoms with Crippen molar-refractivity contribution in [3.8, 4) is 0 Å². The number of rotatable bonds is 6. The van der Waals surface area contributed by atoms with E-state index in [1.807, 2.05) is 24.3 Å². The molecule has 0 aromatic carbocycles. The van der Waals surface area contributed by atoms with Gasteiger partial charge < -0.3 is 10.2 Å². The number of aliphatic hydroxyl groups is 2. The van der Waals surface area contributed by atoms with Gasteiger partial charge in [-0.25, -0.2) is 0 Å². The Bertz CT molecular complexity index is 1090. The normalized spacial score (nSPS) is 32.4. The van der Waals surface area contributed by atoms with Crippen LogP contribution >= 0.6 is 0 Å². The second-order valence-electron chi connectivity index (χ2n) is 10.0. The van der Waals surface area contributed by atoms with Crippen LogP contribution in [0.25, 0.3) is 0 Å². The van der Waals surface area contributed by atoms with E-state index in [0.29, 0.717) is 18.8 Å². The molecule has 4 unspecified atom stereocenters. The molecule has 4 atom stereocenters. The molecule has 33 heavy (non-hydrogen) atoms. The standard InChI is InChI=1S/C30H32O3/c1-19-10-26(17-24-4-2-3-5-29(19)24)30(33)9-7-21-12-23-8-6-20(13-25(23)14-21)11-22-15-27(31)18-28(32)16-22/h2-6,8,10,12-14,17,22,25,27-29,31-32H,1,7,9,11,15-16,18H2. The summed E-state index contributed by atoms with van der Waals surface area (Å²) in [7, 11) is 0. The van der Waals surface area contributed by atoms with Crippen LogP contribution in [0.4, 0.5) is 0 Å². The van der Waals surface area contributed by atoms with Gasteiger partial charge >= 0.3 is 0 Å². The third-order valence-corrected chi connectivity index (χ3v) is 7.38. The molecule has 3 heteroatoms. The minimum absolute atomic E-state index is 0.167. The number of carbonyl (C=O) groups is 1. The number of Topliss-reactive ketones (excluding diaryl/α,β-unsaturated/α-hetero) is 1. The number of hydrogen-bond donors (Lipinski definition) is 2. The summed E-state index contributed by atoms with van der Waals surface area (Å²) < 4.78 is 0. The van der Waals surface area contributed by atoms with Gasteiger partial charge in [-0.1, -0.05) is 72.4 Å². The van der Waals surface area contributed by atoms with Gasteiger partial charge in [0.2, 0.25) is 0 Å². The van der Waals surface area contributed by atoms with Crippen LogP contribution in [0.2, 0.25) is 0 Å². The van der Waals surface area contributed by atoms with Crippen LogP contribution in [0.1, 0.15) is 38.5 Å². The number of carbonyl (C=O) groups excluding carboxylic acids is 1. The first-order chi connectivity index (χ1) is 15.9. The lowest BCUT2D eigenvalue weighted by atomic mass is 9.80. The lowest BCUT2D eigenvalue weighted by Gasteiger charge is -2.30. The maximum Gasteiger partial charge on any atom is 0.163 e. The fourth-order valence-corrected chi connectivity index (χ4v) is 5.75. The van der Waals surface area contributed by atoms with Crippen molar-refractivity contribution in [1.82, 2.24) is 0 Å². The van der Waals surface area contributed by atoms with E-state index in [9.17, 15) is 15.0 Å². The molecular formula is C30H32O3. The van der Waals surface area contributed by atoms with Gasteiger partial charge in [0.15, 0.2) is 5.78 Å². The van der Waals surface area contributed by atoms with E-state index >= 15 is 0 Å². The Hall–Kier alpha value is -2.75. The number of allylic oxidation sites excluding steroid dienone is 17. The second-order valence-corrected chi connectivity index (χ2v) is 10.0. The summed E-state index contributed by atoms with van der Waals surface area (Å²) in [5, 5.41) is 19.9. The van der Waals surface area contributed by atoms with Crippen molar-refractivity contribution >= 4 is 5.78 Å². The van der Waals surface area contributed by atoms with Gasteiger partial charge in [0.05, 0.1) is 12.2 Å². The van der Waals surface area contributed by atoms with Gasteiger partial charge in [-0.05, 0) is 66.9 Å². The third-order valence-electron chi connectivity index (χ3n) is 7.38. The van der Waals surface area contributed by atoms with E-state index in [1.165, 1.54) is 16.7 Å². The van der Waals surface area contributed by atoms with E-state index in [-0.39, 0.29) is 29.8 Å². The number of fused-ring (bicyclic) bond motifs is 2. The highest BCUT2D eigenvalue weighted by atomic mass is 16.3. The maximum atomic E-state index is 12.9. The summed E-state index contributed by atoms with van der Waals surface area (Å²) in [4.78, 5) is 12.9. The summed E-state index contributed by atoms with van der Waals surface area (Å²) in [5.41, 5.74) is 6.65. The predicted octanol–water partition coefficient (Wildman–Crippen LogP) is 5.39. The Labute approximate surface area is 196 Å². The molecule has 0 spiro atoms. The average Bonchev–Trinajstić information content (AvgIpc) is 3.19. The topological polar surface area (TPSA) is 57.5 Å². The lowest BCUT2D eigenvalue weighted by molar-refractivity contribution is -0.115. The lowest BCUT2D eigenvalue weighted by Crippen LogP contribution is -2.29. The van der Waals surface area contributed by atoms with Crippen LogP contribution < -0.4 is 0 Å². The predicted molar refractivity (Wildman–Crippen MR) is 132 cm³/mol. The van der Waals surface area contributed by atoms with Crippen molar-refractivity contribution in [2.75, 3.05) is 0 Å². The van der Waals surface area contributed by atoms with Crippen molar-refractivity contribution in [2.45, 2.75) is 50.7 Å². The van der Waals surface area contributed by atoms with Crippen LogP contribution in [-0.2, 0) is 4.79 Å². The molecule has 0 aliphatic heterocycles. The Kier molecular flexibility index (Phi) is 6.18.